The molecule has 314 valence electrons. The Morgan fingerprint density at radius 1 is 1.07 bits per heavy atom. The van der Waals surface area contributed by atoms with Crippen LogP contribution in [0.25, 0.3) is 0 Å². The van der Waals surface area contributed by atoms with Gasteiger partial charge in [0.05, 0.1) is 18.8 Å². The quantitative estimate of drug-likeness (QED) is 0.0911. The van der Waals surface area contributed by atoms with Gasteiger partial charge in [0.2, 0.25) is 18.7 Å². The van der Waals surface area contributed by atoms with Gasteiger partial charge in [-0.1, -0.05) is 51.2 Å². The molecule has 0 radical (unpaired) electrons. The molecule has 0 aromatic heterocycles. The summed E-state index contributed by atoms with van der Waals surface area (Å²) < 4.78 is 22.9. The second kappa shape index (κ2) is 23.1. The standard InChI is InChI=1S/C24H34O4.C10H16O.C5H10N2O2.C4H7NO3/c1-5-6-20-27-19-12-17-16-8-7-14-11-15(25)9-10-22(14,2)21(16)18(26)13-23(17,3)24(19,4)28-20;1-2-11-10-8-6-4-3-5-7-9-10;1-2-7-5(9)3-6-4-8;6-1-2-8-4-5-3-7/h9-11,16-21,26H,5-8,12-13H2,1-4H3;10H,2-6,8H2,1H3;4H,2-3H2,1H3,(H,6,8)(H,7,9);1,3H,2,4H2,(H,5,7)/t16?,17?,18?,19?,20?,21?,22-,23-,24?;;;/m0.../s1. The van der Waals surface area contributed by atoms with Crippen molar-refractivity contribution in [3.05, 3.63) is 23.8 Å². The maximum absolute atomic E-state index is 11.9. The molecule has 6 aliphatic rings. The number of aliphatic hydroxyl groups excluding tert-OH is 1. The van der Waals surface area contributed by atoms with Crippen molar-refractivity contribution < 1.29 is 48.0 Å². The Kier molecular flexibility index (Phi) is 19.4. The van der Waals surface area contributed by atoms with Gasteiger partial charge >= 0.3 is 0 Å². The van der Waals surface area contributed by atoms with Crippen molar-refractivity contribution in [1.82, 2.24) is 16.0 Å². The zero-order valence-corrected chi connectivity index (χ0v) is 34.4. The number of hydrogen-bond donors (Lipinski definition) is 4. The van der Waals surface area contributed by atoms with Crippen LogP contribution in [0.4, 0.5) is 0 Å². The van der Waals surface area contributed by atoms with Crippen molar-refractivity contribution in [2.45, 2.75) is 142 Å². The van der Waals surface area contributed by atoms with Crippen LogP contribution in [-0.4, -0.2) is 99.1 Å². The molecule has 13 heteroatoms. The van der Waals surface area contributed by atoms with E-state index in [0.717, 1.165) is 58.0 Å². The summed E-state index contributed by atoms with van der Waals surface area (Å²) in [5.74, 6) is 7.32. The number of aliphatic hydroxyl groups is 1. The zero-order valence-electron chi connectivity index (χ0n) is 34.4. The Labute approximate surface area is 333 Å². The average molecular weight is 786 g/mol. The van der Waals surface area contributed by atoms with Gasteiger partial charge in [-0.15, -0.1) is 5.92 Å². The molecular weight excluding hydrogens is 718 g/mol. The summed E-state index contributed by atoms with van der Waals surface area (Å²) in [6.45, 7) is 14.4. The number of hydrogen-bond acceptors (Lipinski definition) is 10. The molecule has 3 amide bonds. The van der Waals surface area contributed by atoms with E-state index in [1.807, 2.05) is 19.9 Å². The van der Waals surface area contributed by atoms with Gasteiger partial charge in [-0.3, -0.25) is 19.2 Å². The molecule has 10 atom stereocenters. The summed E-state index contributed by atoms with van der Waals surface area (Å²) in [5.41, 5.74) is 0.609. The van der Waals surface area contributed by atoms with Gasteiger partial charge < -0.3 is 44.8 Å². The summed E-state index contributed by atoms with van der Waals surface area (Å²) in [4.78, 5) is 51.0. The van der Waals surface area contributed by atoms with Crippen molar-refractivity contribution in [1.29, 1.82) is 0 Å². The predicted octanol–water partition coefficient (Wildman–Crippen LogP) is 4.31. The average Bonchev–Trinajstić information content (AvgIpc) is 3.58. The highest BCUT2D eigenvalue weighted by atomic mass is 16.7. The second-order valence-electron chi connectivity index (χ2n) is 15.8. The number of amides is 3. The lowest BCUT2D eigenvalue weighted by molar-refractivity contribution is -0.190. The number of likely N-dealkylation sites (N-methyl/N-ethyl adjacent to an activating group) is 1. The van der Waals surface area contributed by atoms with Crippen LogP contribution in [0.1, 0.15) is 112 Å². The molecule has 4 N–H and O–H groups in total. The Morgan fingerprint density at radius 3 is 2.52 bits per heavy atom. The highest BCUT2D eigenvalue weighted by Crippen LogP contribution is 2.69. The van der Waals surface area contributed by atoms with Crippen molar-refractivity contribution >= 4 is 30.8 Å². The lowest BCUT2D eigenvalue weighted by Gasteiger charge is -2.59. The molecule has 0 spiro atoms. The van der Waals surface area contributed by atoms with E-state index < -0.39 is 0 Å². The molecule has 1 heterocycles. The summed E-state index contributed by atoms with van der Waals surface area (Å²) in [7, 11) is 0. The number of nitrogens with one attached hydrogen (secondary N) is 3. The molecule has 5 aliphatic carbocycles. The van der Waals surface area contributed by atoms with E-state index in [4.69, 9.17) is 14.2 Å². The zero-order chi connectivity index (χ0) is 41.2. The fraction of sp³-hybridized carbons (Fsp3) is 0.744. The van der Waals surface area contributed by atoms with Crippen LogP contribution in [-0.2, 0) is 42.9 Å². The minimum absolute atomic E-state index is 0.0286. The first kappa shape index (κ1) is 47.0. The topological polar surface area (TPSA) is 179 Å². The van der Waals surface area contributed by atoms with E-state index in [1.165, 1.54) is 24.8 Å². The van der Waals surface area contributed by atoms with Crippen LogP contribution >= 0.6 is 0 Å². The van der Waals surface area contributed by atoms with Crippen molar-refractivity contribution in [2.24, 2.45) is 28.6 Å². The number of ether oxygens (including phenoxy) is 4. The molecule has 0 bridgehead atoms. The molecule has 4 fully saturated rings. The first-order valence-corrected chi connectivity index (χ1v) is 20.6. The van der Waals surface area contributed by atoms with E-state index in [9.17, 15) is 29.1 Å². The molecule has 1 aliphatic heterocycles. The van der Waals surface area contributed by atoms with Crippen LogP contribution in [0.15, 0.2) is 23.8 Å². The number of carbonyl (C=O) groups excluding carboxylic acids is 5. The van der Waals surface area contributed by atoms with Crippen LogP contribution in [0.2, 0.25) is 0 Å². The summed E-state index contributed by atoms with van der Waals surface area (Å²) in [6.07, 6.45) is 18.9. The smallest absolute Gasteiger partial charge is 0.239 e. The van der Waals surface area contributed by atoms with Crippen molar-refractivity contribution in [2.75, 3.05) is 33.0 Å². The molecule has 1 saturated heterocycles. The Morgan fingerprint density at radius 2 is 1.84 bits per heavy atom. The molecular formula is C43H67N3O10. The van der Waals surface area contributed by atoms with Crippen LogP contribution in [0, 0.1) is 40.4 Å². The van der Waals surface area contributed by atoms with Gasteiger partial charge in [-0.05, 0) is 96.1 Å². The summed E-state index contributed by atoms with van der Waals surface area (Å²) >= 11 is 0. The fourth-order valence-corrected chi connectivity index (χ4v) is 9.64. The SMILES string of the molecule is CCCC1OC2CC3C4CCC5=CC(=O)C=C[C@]5(C)C4C(O)C[C@]3(C)C2(C)O1.CCNC(=O)CNC=O.CCOC1C#CCCCCC1.O=CCOCNC=O. The Balaban J connectivity index is 0.000000247. The molecule has 3 saturated carbocycles. The number of carbonyl (C=O) groups is 5. The first-order valence-electron chi connectivity index (χ1n) is 20.6. The molecule has 6 rings (SSSR count). The summed E-state index contributed by atoms with van der Waals surface area (Å²) in [6, 6.07) is 0. The van der Waals surface area contributed by atoms with Crippen molar-refractivity contribution in [3.8, 4) is 11.8 Å². The largest absolute Gasteiger partial charge is 0.393 e. The van der Waals surface area contributed by atoms with E-state index in [-0.39, 0.29) is 78.5 Å². The van der Waals surface area contributed by atoms with Gasteiger partial charge in [0, 0.05) is 36.3 Å². The van der Waals surface area contributed by atoms with Crippen LogP contribution in [0.5, 0.6) is 0 Å². The third kappa shape index (κ3) is 11.8. The summed E-state index contributed by atoms with van der Waals surface area (Å²) in [5, 5.41) is 18.4. The highest BCUT2D eigenvalue weighted by Gasteiger charge is 2.71. The normalized spacial score (nSPS) is 34.6. The third-order valence-corrected chi connectivity index (χ3v) is 12.4. The third-order valence-electron chi connectivity index (χ3n) is 12.4. The van der Waals surface area contributed by atoms with E-state index in [1.54, 1.807) is 6.08 Å². The number of aldehydes is 1. The number of rotatable bonds is 13. The monoisotopic (exact) mass is 785 g/mol. The molecule has 0 aromatic rings. The molecule has 8 unspecified atom stereocenters. The van der Waals surface area contributed by atoms with Crippen molar-refractivity contribution in [3.63, 3.8) is 0 Å². The minimum Gasteiger partial charge on any atom is -0.393 e. The van der Waals surface area contributed by atoms with Gasteiger partial charge in [0.25, 0.3) is 0 Å². The Hall–Kier alpha value is -3.41. The maximum atomic E-state index is 11.9. The lowest BCUT2D eigenvalue weighted by Crippen LogP contribution is -2.59. The fourth-order valence-electron chi connectivity index (χ4n) is 9.64. The molecule has 0 aromatic carbocycles. The van der Waals surface area contributed by atoms with E-state index in [0.29, 0.717) is 37.5 Å². The first-order chi connectivity index (χ1) is 26.9. The molecule has 56 heavy (non-hydrogen) atoms. The van der Waals surface area contributed by atoms with Gasteiger partial charge in [-0.2, -0.15) is 0 Å². The van der Waals surface area contributed by atoms with E-state index in [2.05, 4.69) is 66.3 Å². The number of fused-ring (bicyclic) bond motifs is 7. The molecule has 13 nitrogen and oxygen atoms in total. The van der Waals surface area contributed by atoms with Gasteiger partial charge in [0.15, 0.2) is 12.1 Å². The lowest BCUT2D eigenvalue weighted by atomic mass is 9.46. The highest BCUT2D eigenvalue weighted by molar-refractivity contribution is 6.01. The van der Waals surface area contributed by atoms with E-state index >= 15 is 0 Å². The Bertz CT molecular complexity index is 1420. The van der Waals surface area contributed by atoms with Gasteiger partial charge in [0.1, 0.15) is 31.3 Å². The van der Waals surface area contributed by atoms with Gasteiger partial charge in [-0.25, -0.2) is 0 Å². The maximum Gasteiger partial charge on any atom is 0.239 e. The number of ketones is 1. The van der Waals surface area contributed by atoms with Crippen LogP contribution in [0.3, 0.4) is 0 Å². The second-order valence-corrected chi connectivity index (χ2v) is 15.8. The van der Waals surface area contributed by atoms with Crippen LogP contribution < -0.4 is 16.0 Å². The predicted molar refractivity (Wildman–Crippen MR) is 212 cm³/mol. The number of allylic oxidation sites excluding steroid dienone is 4. The minimum atomic E-state index is -0.387.